The number of hydrogen-bond donors (Lipinski definition) is 1. The van der Waals surface area contributed by atoms with Crippen LogP contribution in [0.2, 0.25) is 0 Å². The van der Waals surface area contributed by atoms with E-state index in [1.165, 1.54) is 52.1 Å². The molecule has 0 radical (unpaired) electrons. The lowest BCUT2D eigenvalue weighted by atomic mass is 9.92. The molecule has 4 atom stereocenters. The molecule has 2 bridgehead atoms. The Morgan fingerprint density at radius 2 is 1.93 bits per heavy atom. The van der Waals surface area contributed by atoms with Crippen LogP contribution in [0.15, 0.2) is 0 Å². The molecule has 3 nitrogen and oxygen atoms in total. The monoisotopic (exact) mass is 209 g/mol. The van der Waals surface area contributed by atoms with E-state index >= 15 is 0 Å². The van der Waals surface area contributed by atoms with Gasteiger partial charge in [-0.05, 0) is 38.8 Å². The van der Waals surface area contributed by atoms with Crippen molar-refractivity contribution in [2.24, 2.45) is 5.92 Å². The summed E-state index contributed by atoms with van der Waals surface area (Å²) < 4.78 is 0. The third-order valence-electron chi connectivity index (χ3n) is 4.46. The van der Waals surface area contributed by atoms with Crippen LogP contribution >= 0.6 is 0 Å². The van der Waals surface area contributed by atoms with Gasteiger partial charge >= 0.3 is 0 Å². The molecule has 3 rings (SSSR count). The zero-order chi connectivity index (χ0) is 10.3. The largest absolute Gasteiger partial charge is 0.312 e. The van der Waals surface area contributed by atoms with Gasteiger partial charge in [0, 0.05) is 38.3 Å². The molecular weight excluding hydrogens is 186 g/mol. The first-order chi connectivity index (χ1) is 7.33. The first kappa shape index (κ1) is 10.1. The summed E-state index contributed by atoms with van der Waals surface area (Å²) in [5.41, 5.74) is 0. The number of rotatable bonds is 1. The Bertz CT molecular complexity index is 231. The Morgan fingerprint density at radius 3 is 2.80 bits per heavy atom. The second kappa shape index (κ2) is 4.04. The van der Waals surface area contributed by atoms with Crippen molar-refractivity contribution in [1.29, 1.82) is 0 Å². The van der Waals surface area contributed by atoms with Crippen molar-refractivity contribution < 1.29 is 0 Å². The first-order valence-electron chi connectivity index (χ1n) is 6.53. The predicted molar refractivity (Wildman–Crippen MR) is 62.0 cm³/mol. The van der Waals surface area contributed by atoms with Gasteiger partial charge in [-0.2, -0.15) is 0 Å². The quantitative estimate of drug-likeness (QED) is 0.673. The van der Waals surface area contributed by atoms with Crippen molar-refractivity contribution in [2.45, 2.75) is 31.8 Å². The van der Waals surface area contributed by atoms with E-state index in [4.69, 9.17) is 0 Å². The molecule has 0 aromatic carbocycles. The minimum atomic E-state index is 0.693. The van der Waals surface area contributed by atoms with Gasteiger partial charge in [-0.15, -0.1) is 0 Å². The van der Waals surface area contributed by atoms with Crippen molar-refractivity contribution in [3.05, 3.63) is 0 Å². The minimum absolute atomic E-state index is 0.693. The summed E-state index contributed by atoms with van der Waals surface area (Å²) in [4.78, 5) is 5.40. The highest BCUT2D eigenvalue weighted by atomic mass is 15.3. The van der Waals surface area contributed by atoms with E-state index in [9.17, 15) is 0 Å². The first-order valence-corrected chi connectivity index (χ1v) is 6.53. The molecule has 3 heteroatoms. The third-order valence-corrected chi connectivity index (χ3v) is 4.46. The summed E-state index contributed by atoms with van der Waals surface area (Å²) in [7, 11) is 0. The van der Waals surface area contributed by atoms with Gasteiger partial charge in [0.25, 0.3) is 0 Å². The Balaban J connectivity index is 1.65. The van der Waals surface area contributed by atoms with Crippen LogP contribution in [0.3, 0.4) is 0 Å². The van der Waals surface area contributed by atoms with Crippen LogP contribution in [0.1, 0.15) is 19.8 Å². The summed E-state index contributed by atoms with van der Waals surface area (Å²) in [6.45, 7) is 10.1. The maximum absolute atomic E-state index is 3.54. The van der Waals surface area contributed by atoms with E-state index in [1.54, 1.807) is 0 Å². The zero-order valence-electron chi connectivity index (χ0n) is 9.78. The van der Waals surface area contributed by atoms with Gasteiger partial charge in [0.15, 0.2) is 0 Å². The van der Waals surface area contributed by atoms with Crippen molar-refractivity contribution in [2.75, 3.05) is 39.3 Å². The van der Waals surface area contributed by atoms with Crippen molar-refractivity contribution in [3.8, 4) is 0 Å². The SMILES string of the molecule is CC1CN(C2CCN3CCC2C3)CCN1. The average molecular weight is 209 g/mol. The molecule has 3 saturated heterocycles. The van der Waals surface area contributed by atoms with Crippen molar-refractivity contribution >= 4 is 0 Å². The fourth-order valence-electron chi connectivity index (χ4n) is 3.67. The number of piperazine rings is 1. The van der Waals surface area contributed by atoms with Crippen LogP contribution in [0.4, 0.5) is 0 Å². The summed E-state index contributed by atoms with van der Waals surface area (Å²) in [6.07, 6.45) is 2.86. The Kier molecular flexibility index (Phi) is 2.71. The van der Waals surface area contributed by atoms with Gasteiger partial charge in [-0.1, -0.05) is 0 Å². The van der Waals surface area contributed by atoms with Gasteiger partial charge in [-0.3, -0.25) is 4.90 Å². The number of piperidine rings is 1. The third kappa shape index (κ3) is 1.93. The normalized spacial score (nSPS) is 47.0. The van der Waals surface area contributed by atoms with Gasteiger partial charge in [0.1, 0.15) is 0 Å². The van der Waals surface area contributed by atoms with Gasteiger partial charge in [0.05, 0.1) is 0 Å². The topological polar surface area (TPSA) is 18.5 Å². The molecule has 1 N–H and O–H groups in total. The van der Waals surface area contributed by atoms with E-state index < -0.39 is 0 Å². The molecule has 4 unspecified atom stereocenters. The molecule has 3 aliphatic rings. The minimum Gasteiger partial charge on any atom is -0.312 e. The maximum Gasteiger partial charge on any atom is 0.0167 e. The van der Waals surface area contributed by atoms with E-state index in [1.807, 2.05) is 0 Å². The molecular formula is C12H23N3. The fourth-order valence-corrected chi connectivity index (χ4v) is 3.67. The smallest absolute Gasteiger partial charge is 0.0167 e. The summed E-state index contributed by atoms with van der Waals surface area (Å²) in [5.74, 6) is 0.976. The molecule has 15 heavy (non-hydrogen) atoms. The average Bonchev–Trinajstić information content (AvgIpc) is 2.61. The van der Waals surface area contributed by atoms with Gasteiger partial charge in [-0.25, -0.2) is 0 Å². The Labute approximate surface area is 92.8 Å². The second-order valence-electron chi connectivity index (χ2n) is 5.56. The van der Waals surface area contributed by atoms with Crippen LogP contribution in [-0.2, 0) is 0 Å². The lowest BCUT2D eigenvalue weighted by Gasteiger charge is -2.42. The lowest BCUT2D eigenvalue weighted by molar-refractivity contribution is 0.0760. The van der Waals surface area contributed by atoms with Crippen molar-refractivity contribution in [3.63, 3.8) is 0 Å². The molecule has 3 fully saturated rings. The van der Waals surface area contributed by atoms with Crippen LogP contribution < -0.4 is 5.32 Å². The molecule has 0 aromatic rings. The number of hydrogen-bond acceptors (Lipinski definition) is 3. The zero-order valence-corrected chi connectivity index (χ0v) is 9.78. The van der Waals surface area contributed by atoms with Gasteiger partial charge < -0.3 is 10.2 Å². The van der Waals surface area contributed by atoms with Crippen LogP contribution in [0.5, 0.6) is 0 Å². The lowest BCUT2D eigenvalue weighted by Crippen LogP contribution is -2.56. The highest BCUT2D eigenvalue weighted by Gasteiger charge is 2.38. The fraction of sp³-hybridized carbons (Fsp3) is 1.00. The second-order valence-corrected chi connectivity index (χ2v) is 5.56. The highest BCUT2D eigenvalue weighted by molar-refractivity contribution is 4.94. The standard InChI is InChI=1S/C12H23N3/c1-10-8-15(7-4-13-10)12-3-6-14-5-2-11(12)9-14/h10-13H,2-9H2,1H3. The predicted octanol–water partition coefficient (Wildman–Crippen LogP) is 0.374. The van der Waals surface area contributed by atoms with E-state index in [0.29, 0.717) is 6.04 Å². The maximum atomic E-state index is 3.54. The molecule has 3 aliphatic heterocycles. The molecule has 0 spiro atoms. The summed E-state index contributed by atoms with van der Waals surface area (Å²) in [5, 5.41) is 3.54. The van der Waals surface area contributed by atoms with Crippen LogP contribution in [0, 0.1) is 5.92 Å². The number of nitrogens with zero attached hydrogens (tertiary/aromatic N) is 2. The molecule has 0 aromatic heterocycles. The molecule has 86 valence electrons. The highest BCUT2D eigenvalue weighted by Crippen LogP contribution is 2.30. The molecule has 0 amide bonds. The summed E-state index contributed by atoms with van der Waals surface area (Å²) >= 11 is 0. The summed E-state index contributed by atoms with van der Waals surface area (Å²) in [6, 6.07) is 1.59. The number of fused-ring (bicyclic) bond motifs is 2. The van der Waals surface area contributed by atoms with Gasteiger partial charge in [0.2, 0.25) is 0 Å². The van der Waals surface area contributed by atoms with E-state index in [2.05, 4.69) is 22.0 Å². The van der Waals surface area contributed by atoms with E-state index in [0.717, 1.165) is 12.0 Å². The van der Waals surface area contributed by atoms with E-state index in [-0.39, 0.29) is 0 Å². The molecule has 0 aliphatic carbocycles. The number of nitrogens with one attached hydrogen (secondary N) is 1. The molecule has 0 saturated carbocycles. The Hall–Kier alpha value is -0.120. The van der Waals surface area contributed by atoms with Crippen molar-refractivity contribution in [1.82, 2.24) is 15.1 Å². The Morgan fingerprint density at radius 1 is 1.07 bits per heavy atom. The van der Waals surface area contributed by atoms with Crippen LogP contribution in [-0.4, -0.2) is 61.2 Å². The molecule has 3 heterocycles. The van der Waals surface area contributed by atoms with Crippen LogP contribution in [0.25, 0.3) is 0 Å².